The SMILES string of the molecule is Cc1ccc(-n2c(C)cc(C=CC(=O)NCCc3nncn3C3CC3)c2C)cc1. The van der Waals surface area contributed by atoms with Crippen LogP contribution in [0.2, 0.25) is 0 Å². The summed E-state index contributed by atoms with van der Waals surface area (Å²) in [6, 6.07) is 11.1. The molecule has 2 heterocycles. The van der Waals surface area contributed by atoms with E-state index < -0.39 is 0 Å². The predicted octanol–water partition coefficient (Wildman–Crippen LogP) is 3.70. The Hall–Kier alpha value is -3.15. The number of nitrogens with zero attached hydrogens (tertiary/aromatic N) is 4. The Bertz CT molecular complexity index is 1040. The Morgan fingerprint density at radius 2 is 1.97 bits per heavy atom. The Kier molecular flexibility index (Phi) is 5.34. The summed E-state index contributed by atoms with van der Waals surface area (Å²) in [4.78, 5) is 12.2. The average molecular weight is 390 g/mol. The molecule has 1 aliphatic carbocycles. The molecule has 0 unspecified atom stereocenters. The molecule has 1 saturated carbocycles. The largest absolute Gasteiger partial charge is 0.352 e. The molecule has 0 radical (unpaired) electrons. The summed E-state index contributed by atoms with van der Waals surface area (Å²) in [5.41, 5.74) is 5.68. The van der Waals surface area contributed by atoms with Gasteiger partial charge in [0.25, 0.3) is 0 Å². The van der Waals surface area contributed by atoms with E-state index in [-0.39, 0.29) is 5.91 Å². The molecule has 0 bridgehead atoms. The van der Waals surface area contributed by atoms with Crippen LogP contribution < -0.4 is 5.32 Å². The zero-order valence-corrected chi connectivity index (χ0v) is 17.2. The Balaban J connectivity index is 1.37. The van der Waals surface area contributed by atoms with Gasteiger partial charge in [-0.25, -0.2) is 0 Å². The number of amides is 1. The van der Waals surface area contributed by atoms with Gasteiger partial charge in [-0.15, -0.1) is 10.2 Å². The smallest absolute Gasteiger partial charge is 0.244 e. The van der Waals surface area contributed by atoms with Gasteiger partial charge in [0.2, 0.25) is 5.91 Å². The monoisotopic (exact) mass is 389 g/mol. The summed E-state index contributed by atoms with van der Waals surface area (Å²) >= 11 is 0. The van der Waals surface area contributed by atoms with Gasteiger partial charge >= 0.3 is 0 Å². The quantitative estimate of drug-likeness (QED) is 0.627. The normalized spacial score (nSPS) is 13.9. The van der Waals surface area contributed by atoms with Gasteiger partial charge in [-0.1, -0.05) is 17.7 Å². The van der Waals surface area contributed by atoms with Crippen LogP contribution >= 0.6 is 0 Å². The highest BCUT2D eigenvalue weighted by molar-refractivity contribution is 5.91. The van der Waals surface area contributed by atoms with Gasteiger partial charge < -0.3 is 14.5 Å². The second-order valence-corrected chi connectivity index (χ2v) is 7.76. The lowest BCUT2D eigenvalue weighted by molar-refractivity contribution is -0.116. The second kappa shape index (κ2) is 8.07. The number of hydrogen-bond acceptors (Lipinski definition) is 3. The molecule has 3 aromatic rings. The third-order valence-corrected chi connectivity index (χ3v) is 5.41. The van der Waals surface area contributed by atoms with Crippen molar-refractivity contribution in [1.29, 1.82) is 0 Å². The minimum Gasteiger partial charge on any atom is -0.352 e. The molecule has 6 nitrogen and oxygen atoms in total. The molecule has 0 spiro atoms. The van der Waals surface area contributed by atoms with Crippen molar-refractivity contribution in [2.75, 3.05) is 6.54 Å². The number of carbonyl (C=O) groups excluding carboxylic acids is 1. The van der Waals surface area contributed by atoms with E-state index in [1.165, 1.54) is 18.4 Å². The minimum atomic E-state index is -0.0948. The van der Waals surface area contributed by atoms with Gasteiger partial charge in [-0.2, -0.15) is 0 Å². The van der Waals surface area contributed by atoms with Crippen molar-refractivity contribution >= 4 is 12.0 Å². The van der Waals surface area contributed by atoms with Crippen molar-refractivity contribution < 1.29 is 4.79 Å². The number of benzene rings is 1. The fourth-order valence-electron chi connectivity index (χ4n) is 3.67. The van der Waals surface area contributed by atoms with E-state index in [2.05, 4.69) is 75.8 Å². The fourth-order valence-corrected chi connectivity index (χ4v) is 3.67. The van der Waals surface area contributed by atoms with Crippen molar-refractivity contribution in [2.24, 2.45) is 0 Å². The lowest BCUT2D eigenvalue weighted by Gasteiger charge is -2.09. The molecule has 0 aliphatic heterocycles. The van der Waals surface area contributed by atoms with Gasteiger partial charge in [-0.3, -0.25) is 4.79 Å². The highest BCUT2D eigenvalue weighted by Crippen LogP contribution is 2.35. The fraction of sp³-hybridized carbons (Fsp3) is 0.348. The first-order chi connectivity index (χ1) is 14.0. The van der Waals surface area contributed by atoms with Crippen molar-refractivity contribution in [3.05, 3.63) is 71.1 Å². The molecule has 1 fully saturated rings. The van der Waals surface area contributed by atoms with Gasteiger partial charge in [0.15, 0.2) is 0 Å². The van der Waals surface area contributed by atoms with Crippen LogP contribution in [0.5, 0.6) is 0 Å². The number of hydrogen-bond donors (Lipinski definition) is 1. The predicted molar refractivity (Wildman–Crippen MR) is 114 cm³/mol. The first-order valence-corrected chi connectivity index (χ1v) is 10.1. The molecule has 6 heteroatoms. The van der Waals surface area contributed by atoms with Crippen LogP contribution in [0.15, 0.2) is 42.7 Å². The number of nitrogens with one attached hydrogen (secondary N) is 1. The third-order valence-electron chi connectivity index (χ3n) is 5.41. The van der Waals surface area contributed by atoms with Crippen LogP contribution in [0.1, 0.15) is 47.2 Å². The first-order valence-electron chi connectivity index (χ1n) is 10.1. The summed E-state index contributed by atoms with van der Waals surface area (Å²) in [5.74, 6) is 0.848. The van der Waals surface area contributed by atoms with Crippen molar-refractivity contribution in [3.8, 4) is 5.69 Å². The van der Waals surface area contributed by atoms with Gasteiger partial charge in [-0.05, 0) is 63.5 Å². The molecule has 1 N–H and O–H groups in total. The van der Waals surface area contributed by atoms with E-state index in [4.69, 9.17) is 0 Å². The summed E-state index contributed by atoms with van der Waals surface area (Å²) < 4.78 is 4.34. The number of aromatic nitrogens is 4. The molecule has 4 rings (SSSR count). The number of carbonyl (C=O) groups is 1. The lowest BCUT2D eigenvalue weighted by Crippen LogP contribution is -2.24. The molecular weight excluding hydrogens is 362 g/mol. The van der Waals surface area contributed by atoms with Crippen LogP contribution in [0, 0.1) is 20.8 Å². The van der Waals surface area contributed by atoms with E-state index in [0.717, 1.165) is 28.5 Å². The highest BCUT2D eigenvalue weighted by atomic mass is 16.1. The summed E-state index contributed by atoms with van der Waals surface area (Å²) in [7, 11) is 0. The van der Waals surface area contributed by atoms with Crippen molar-refractivity contribution in [1.82, 2.24) is 24.6 Å². The second-order valence-electron chi connectivity index (χ2n) is 7.76. The van der Waals surface area contributed by atoms with Crippen LogP contribution in [0.4, 0.5) is 0 Å². The number of rotatable bonds is 7. The Labute approximate surface area is 171 Å². The zero-order chi connectivity index (χ0) is 20.4. The summed E-state index contributed by atoms with van der Waals surface area (Å²) in [6.07, 6.45) is 8.36. The Morgan fingerprint density at radius 1 is 1.21 bits per heavy atom. The maximum atomic E-state index is 12.2. The topological polar surface area (TPSA) is 64.7 Å². The van der Waals surface area contributed by atoms with Crippen molar-refractivity contribution in [3.63, 3.8) is 0 Å². The molecule has 2 aromatic heterocycles. The molecule has 0 atom stereocenters. The molecular formula is C23H27N5O. The standard InChI is InChI=1S/C23H27N5O/c1-16-4-7-21(8-5-16)28-17(2)14-19(18(28)3)6-11-23(29)24-13-12-22-26-25-15-27(22)20-9-10-20/h4-8,11,14-15,20H,9-10,12-13H2,1-3H3,(H,24,29). The summed E-state index contributed by atoms with van der Waals surface area (Å²) in [6.45, 7) is 6.80. The zero-order valence-electron chi connectivity index (χ0n) is 17.2. The maximum Gasteiger partial charge on any atom is 0.244 e. The highest BCUT2D eigenvalue weighted by Gasteiger charge is 2.25. The van der Waals surface area contributed by atoms with Crippen molar-refractivity contribution in [2.45, 2.75) is 46.1 Å². The van der Waals surface area contributed by atoms with Crippen LogP contribution in [-0.2, 0) is 11.2 Å². The van der Waals surface area contributed by atoms with E-state index >= 15 is 0 Å². The molecule has 1 amide bonds. The van der Waals surface area contributed by atoms with E-state index in [0.29, 0.717) is 19.0 Å². The van der Waals surface area contributed by atoms with E-state index in [1.54, 1.807) is 12.4 Å². The number of aryl methyl sites for hydroxylation is 2. The first kappa shape index (κ1) is 19.2. The van der Waals surface area contributed by atoms with Crippen LogP contribution in [0.3, 0.4) is 0 Å². The molecule has 29 heavy (non-hydrogen) atoms. The minimum absolute atomic E-state index is 0.0948. The van der Waals surface area contributed by atoms with Gasteiger partial charge in [0.05, 0.1) is 0 Å². The molecule has 0 saturated heterocycles. The molecule has 1 aromatic carbocycles. The molecule has 150 valence electrons. The average Bonchev–Trinajstić information content (AvgIpc) is 3.37. The van der Waals surface area contributed by atoms with Gasteiger partial charge in [0, 0.05) is 42.2 Å². The Morgan fingerprint density at radius 3 is 2.69 bits per heavy atom. The van der Waals surface area contributed by atoms with Crippen LogP contribution in [-0.4, -0.2) is 31.8 Å². The third kappa shape index (κ3) is 4.31. The summed E-state index contributed by atoms with van der Waals surface area (Å²) in [5, 5.41) is 11.1. The van der Waals surface area contributed by atoms with E-state index in [9.17, 15) is 4.79 Å². The van der Waals surface area contributed by atoms with Gasteiger partial charge in [0.1, 0.15) is 12.2 Å². The van der Waals surface area contributed by atoms with Crippen LogP contribution in [0.25, 0.3) is 11.8 Å². The van der Waals surface area contributed by atoms with E-state index in [1.807, 2.05) is 6.08 Å². The molecule has 1 aliphatic rings. The maximum absolute atomic E-state index is 12.2. The lowest BCUT2D eigenvalue weighted by atomic mass is 10.2.